The average molecular weight is 300 g/mol. The van der Waals surface area contributed by atoms with E-state index in [1.165, 1.54) is 0 Å². The average Bonchev–Trinajstić information content (AvgIpc) is 2.89. The summed E-state index contributed by atoms with van der Waals surface area (Å²) in [5, 5.41) is -0.0330. The first-order chi connectivity index (χ1) is 10.2. The fourth-order valence-electron chi connectivity index (χ4n) is 2.41. The van der Waals surface area contributed by atoms with Gasteiger partial charge in [-0.3, -0.25) is 9.69 Å². The maximum atomic E-state index is 12.2. The molecule has 1 amide bonds. The molecule has 5 heteroatoms. The second-order valence-corrected chi connectivity index (χ2v) is 5.86. The second kappa shape index (κ2) is 5.69. The predicted octanol–water partition coefficient (Wildman–Crippen LogP) is 3.06. The molecule has 3 rings (SSSR count). The van der Waals surface area contributed by atoms with Crippen LogP contribution in [0.3, 0.4) is 0 Å². The second-order valence-electron chi connectivity index (χ2n) is 4.80. The Balaban J connectivity index is 1.95. The van der Waals surface area contributed by atoms with Gasteiger partial charge in [0.05, 0.1) is 12.9 Å². The van der Waals surface area contributed by atoms with Crippen molar-refractivity contribution < 1.29 is 9.53 Å². The molecule has 2 aromatic carbocycles. The van der Waals surface area contributed by atoms with Crippen molar-refractivity contribution in [2.75, 3.05) is 23.5 Å². The number of nitrogen functional groups attached to an aromatic ring is 1. The molecule has 1 saturated heterocycles. The number of carbonyl (C=O) groups excluding carboxylic acids is 1. The SMILES string of the molecule is COc1ccc(N2C(=O)CSC2c2cccc(N)c2)cc1. The van der Waals surface area contributed by atoms with Crippen LogP contribution in [0.1, 0.15) is 10.9 Å². The number of amides is 1. The minimum atomic E-state index is -0.0330. The first kappa shape index (κ1) is 13.8. The van der Waals surface area contributed by atoms with Crippen LogP contribution >= 0.6 is 11.8 Å². The number of ether oxygens (including phenoxy) is 1. The molecule has 0 saturated carbocycles. The topological polar surface area (TPSA) is 55.6 Å². The summed E-state index contributed by atoms with van der Waals surface area (Å²) in [7, 11) is 1.63. The van der Waals surface area contributed by atoms with Gasteiger partial charge < -0.3 is 10.5 Å². The van der Waals surface area contributed by atoms with Crippen LogP contribution in [0.5, 0.6) is 5.75 Å². The molecule has 0 aliphatic carbocycles. The number of nitrogens with zero attached hydrogens (tertiary/aromatic N) is 1. The van der Waals surface area contributed by atoms with E-state index in [0.717, 1.165) is 17.0 Å². The largest absolute Gasteiger partial charge is 0.497 e. The number of benzene rings is 2. The number of anilines is 2. The van der Waals surface area contributed by atoms with Gasteiger partial charge in [0.2, 0.25) is 5.91 Å². The quantitative estimate of drug-likeness (QED) is 0.885. The molecule has 1 heterocycles. The van der Waals surface area contributed by atoms with Crippen molar-refractivity contribution in [3.05, 3.63) is 54.1 Å². The van der Waals surface area contributed by atoms with Crippen molar-refractivity contribution in [2.24, 2.45) is 0 Å². The summed E-state index contributed by atoms with van der Waals surface area (Å²) < 4.78 is 5.16. The van der Waals surface area contributed by atoms with Gasteiger partial charge in [-0.05, 0) is 42.0 Å². The number of rotatable bonds is 3. The van der Waals surface area contributed by atoms with E-state index in [1.807, 2.05) is 53.4 Å². The van der Waals surface area contributed by atoms with Crippen LogP contribution in [0.2, 0.25) is 0 Å². The molecule has 0 radical (unpaired) electrons. The third-order valence-electron chi connectivity index (χ3n) is 3.41. The smallest absolute Gasteiger partial charge is 0.238 e. The highest BCUT2D eigenvalue weighted by Gasteiger charge is 2.34. The molecular weight excluding hydrogens is 284 g/mol. The first-order valence-electron chi connectivity index (χ1n) is 6.62. The van der Waals surface area contributed by atoms with Crippen LogP contribution in [-0.2, 0) is 4.79 Å². The third kappa shape index (κ3) is 2.69. The van der Waals surface area contributed by atoms with Gasteiger partial charge in [0.25, 0.3) is 0 Å². The zero-order valence-corrected chi connectivity index (χ0v) is 12.5. The summed E-state index contributed by atoms with van der Waals surface area (Å²) in [6, 6.07) is 15.2. The number of nitrogens with two attached hydrogens (primary N) is 1. The minimum Gasteiger partial charge on any atom is -0.497 e. The van der Waals surface area contributed by atoms with Crippen LogP contribution in [-0.4, -0.2) is 18.8 Å². The lowest BCUT2D eigenvalue weighted by Gasteiger charge is -2.24. The molecule has 4 nitrogen and oxygen atoms in total. The zero-order valence-electron chi connectivity index (χ0n) is 11.7. The number of hydrogen-bond donors (Lipinski definition) is 1. The van der Waals surface area contributed by atoms with E-state index in [-0.39, 0.29) is 11.3 Å². The van der Waals surface area contributed by atoms with Gasteiger partial charge in [-0.2, -0.15) is 0 Å². The maximum absolute atomic E-state index is 12.2. The van der Waals surface area contributed by atoms with Crippen LogP contribution in [0.15, 0.2) is 48.5 Å². The maximum Gasteiger partial charge on any atom is 0.238 e. The van der Waals surface area contributed by atoms with Crippen LogP contribution in [0, 0.1) is 0 Å². The van der Waals surface area contributed by atoms with Gasteiger partial charge in [0.15, 0.2) is 0 Å². The highest BCUT2D eigenvalue weighted by Crippen LogP contribution is 2.42. The Kier molecular flexibility index (Phi) is 3.75. The van der Waals surface area contributed by atoms with Crippen molar-refractivity contribution in [1.29, 1.82) is 0 Å². The first-order valence-corrected chi connectivity index (χ1v) is 7.67. The third-order valence-corrected chi connectivity index (χ3v) is 4.63. The van der Waals surface area contributed by atoms with E-state index in [2.05, 4.69) is 0 Å². The molecule has 2 N–H and O–H groups in total. The van der Waals surface area contributed by atoms with Crippen molar-refractivity contribution in [1.82, 2.24) is 0 Å². The van der Waals surface area contributed by atoms with E-state index >= 15 is 0 Å². The molecule has 0 aromatic heterocycles. The molecule has 21 heavy (non-hydrogen) atoms. The number of methoxy groups -OCH3 is 1. The lowest BCUT2D eigenvalue weighted by atomic mass is 10.1. The highest BCUT2D eigenvalue weighted by atomic mass is 32.2. The van der Waals surface area contributed by atoms with Gasteiger partial charge in [0.1, 0.15) is 11.1 Å². The van der Waals surface area contributed by atoms with Gasteiger partial charge in [-0.25, -0.2) is 0 Å². The Morgan fingerprint density at radius 3 is 2.67 bits per heavy atom. The molecule has 1 unspecified atom stereocenters. The fourth-order valence-corrected chi connectivity index (χ4v) is 3.57. The van der Waals surface area contributed by atoms with Gasteiger partial charge in [-0.15, -0.1) is 11.8 Å². The Hall–Kier alpha value is -2.14. The molecular formula is C16H16N2O2S. The number of thioether (sulfide) groups is 1. The molecule has 1 fully saturated rings. The van der Waals surface area contributed by atoms with Crippen molar-refractivity contribution >= 4 is 29.0 Å². The van der Waals surface area contributed by atoms with Gasteiger partial charge >= 0.3 is 0 Å². The Morgan fingerprint density at radius 1 is 1.24 bits per heavy atom. The lowest BCUT2D eigenvalue weighted by molar-refractivity contribution is -0.115. The summed E-state index contributed by atoms with van der Waals surface area (Å²) >= 11 is 1.61. The van der Waals surface area contributed by atoms with E-state index in [9.17, 15) is 4.79 Å². The van der Waals surface area contributed by atoms with E-state index in [1.54, 1.807) is 18.9 Å². The summed E-state index contributed by atoms with van der Waals surface area (Å²) in [6.07, 6.45) is 0. The predicted molar refractivity (Wildman–Crippen MR) is 86.5 cm³/mol. The number of hydrogen-bond acceptors (Lipinski definition) is 4. The summed E-state index contributed by atoms with van der Waals surface area (Å²) in [5.74, 6) is 1.36. The lowest BCUT2D eigenvalue weighted by Crippen LogP contribution is -2.27. The highest BCUT2D eigenvalue weighted by molar-refractivity contribution is 8.00. The molecule has 2 aromatic rings. The standard InChI is InChI=1S/C16H16N2O2S/c1-20-14-7-5-13(6-8-14)18-15(19)10-21-16(18)11-3-2-4-12(17)9-11/h2-9,16H,10,17H2,1H3. The van der Waals surface area contributed by atoms with E-state index < -0.39 is 0 Å². The summed E-state index contributed by atoms with van der Waals surface area (Å²) in [4.78, 5) is 14.1. The van der Waals surface area contributed by atoms with Crippen molar-refractivity contribution in [2.45, 2.75) is 5.37 Å². The molecule has 1 aliphatic rings. The Labute approximate surface area is 127 Å². The minimum absolute atomic E-state index is 0.0330. The molecule has 108 valence electrons. The van der Waals surface area contributed by atoms with Gasteiger partial charge in [0, 0.05) is 11.4 Å². The van der Waals surface area contributed by atoms with Crippen LogP contribution in [0.4, 0.5) is 11.4 Å². The van der Waals surface area contributed by atoms with E-state index in [0.29, 0.717) is 11.4 Å². The summed E-state index contributed by atoms with van der Waals surface area (Å²) in [5.41, 5.74) is 8.48. The normalized spacial score (nSPS) is 18.0. The van der Waals surface area contributed by atoms with Gasteiger partial charge in [-0.1, -0.05) is 12.1 Å². The Morgan fingerprint density at radius 2 is 2.00 bits per heavy atom. The van der Waals surface area contributed by atoms with Crippen LogP contribution in [0.25, 0.3) is 0 Å². The zero-order chi connectivity index (χ0) is 14.8. The molecule has 0 spiro atoms. The fraction of sp³-hybridized carbons (Fsp3) is 0.188. The molecule has 1 atom stereocenters. The molecule has 0 bridgehead atoms. The number of carbonyl (C=O) groups is 1. The Bertz CT molecular complexity index is 658. The van der Waals surface area contributed by atoms with Crippen LogP contribution < -0.4 is 15.4 Å². The summed E-state index contributed by atoms with van der Waals surface area (Å²) in [6.45, 7) is 0. The monoisotopic (exact) mass is 300 g/mol. The van der Waals surface area contributed by atoms with E-state index in [4.69, 9.17) is 10.5 Å². The molecule has 1 aliphatic heterocycles. The van der Waals surface area contributed by atoms with Crippen molar-refractivity contribution in [3.8, 4) is 5.75 Å². The van der Waals surface area contributed by atoms with Crippen molar-refractivity contribution in [3.63, 3.8) is 0 Å².